The molecule has 0 amide bonds. The molecule has 2 atom stereocenters. The highest BCUT2D eigenvalue weighted by Crippen LogP contribution is 2.14. The zero-order valence-corrected chi connectivity index (χ0v) is 9.17. The number of aliphatic hydroxyl groups is 1. The summed E-state index contributed by atoms with van der Waals surface area (Å²) in [4.78, 5) is 10.9. The van der Waals surface area contributed by atoms with Gasteiger partial charge in [0.2, 0.25) is 6.10 Å². The van der Waals surface area contributed by atoms with E-state index in [-0.39, 0.29) is 0 Å². The zero-order valence-electron chi connectivity index (χ0n) is 9.17. The molecule has 0 saturated heterocycles. The Hall–Kier alpha value is -1.55. The second-order valence-corrected chi connectivity index (χ2v) is 3.55. The largest absolute Gasteiger partial charge is 0.478 e. The predicted molar refractivity (Wildman–Crippen MR) is 59.4 cm³/mol. The van der Waals surface area contributed by atoms with Gasteiger partial charge in [0, 0.05) is 0 Å². The Kier molecular flexibility index (Phi) is 4.79. The fourth-order valence-corrected chi connectivity index (χ4v) is 1.39. The Morgan fingerprint density at radius 3 is 2.50 bits per heavy atom. The van der Waals surface area contributed by atoms with E-state index in [1.165, 1.54) is 0 Å². The smallest absolute Gasteiger partial charge is 0.347 e. The minimum absolute atomic E-state index is 0.407. The van der Waals surface area contributed by atoms with E-state index < -0.39 is 18.2 Å². The van der Waals surface area contributed by atoms with Crippen LogP contribution in [0.15, 0.2) is 30.3 Å². The van der Waals surface area contributed by atoms with Gasteiger partial charge in [-0.3, -0.25) is 0 Å². The highest BCUT2D eigenvalue weighted by Gasteiger charge is 2.27. The fraction of sp³-hybridized carbons (Fsp3) is 0.417. The topological polar surface area (TPSA) is 66.8 Å². The average molecular weight is 224 g/mol. The zero-order chi connectivity index (χ0) is 12.0. The maximum atomic E-state index is 10.9. The van der Waals surface area contributed by atoms with E-state index in [0.29, 0.717) is 18.6 Å². The van der Waals surface area contributed by atoms with Gasteiger partial charge in [-0.05, 0) is 18.6 Å². The van der Waals surface area contributed by atoms with E-state index in [1.54, 1.807) is 24.3 Å². The molecule has 0 saturated carbocycles. The summed E-state index contributed by atoms with van der Waals surface area (Å²) in [5.41, 5.74) is 0. The molecule has 1 aromatic rings. The van der Waals surface area contributed by atoms with Crippen molar-refractivity contribution in [2.45, 2.75) is 32.0 Å². The number of rotatable bonds is 6. The van der Waals surface area contributed by atoms with Crippen molar-refractivity contribution >= 4 is 5.97 Å². The Balaban J connectivity index is 2.69. The van der Waals surface area contributed by atoms with Crippen molar-refractivity contribution in [3.63, 3.8) is 0 Å². The maximum Gasteiger partial charge on any atom is 0.347 e. The number of carboxylic acids is 1. The van der Waals surface area contributed by atoms with Gasteiger partial charge in [0.1, 0.15) is 11.9 Å². The minimum Gasteiger partial charge on any atom is -0.478 e. The molecular weight excluding hydrogens is 208 g/mol. The van der Waals surface area contributed by atoms with E-state index in [1.807, 2.05) is 13.0 Å². The van der Waals surface area contributed by atoms with Crippen molar-refractivity contribution in [3.8, 4) is 5.75 Å². The lowest BCUT2D eigenvalue weighted by Gasteiger charge is -2.20. The van der Waals surface area contributed by atoms with Gasteiger partial charge in [0.05, 0.1) is 0 Å². The normalized spacial score (nSPS) is 14.1. The van der Waals surface area contributed by atoms with Crippen molar-refractivity contribution < 1.29 is 19.7 Å². The van der Waals surface area contributed by atoms with Crippen LogP contribution in [0.5, 0.6) is 5.75 Å². The second-order valence-electron chi connectivity index (χ2n) is 3.55. The van der Waals surface area contributed by atoms with Crippen LogP contribution in [0, 0.1) is 0 Å². The van der Waals surface area contributed by atoms with E-state index >= 15 is 0 Å². The lowest BCUT2D eigenvalue weighted by molar-refractivity contribution is -0.150. The summed E-state index contributed by atoms with van der Waals surface area (Å²) in [7, 11) is 0. The molecule has 0 bridgehead atoms. The summed E-state index contributed by atoms with van der Waals surface area (Å²) in [6.45, 7) is 1.88. The van der Waals surface area contributed by atoms with Gasteiger partial charge in [-0.25, -0.2) is 4.79 Å². The molecule has 4 nitrogen and oxygen atoms in total. The van der Waals surface area contributed by atoms with E-state index in [9.17, 15) is 9.90 Å². The van der Waals surface area contributed by atoms with Gasteiger partial charge in [0.25, 0.3) is 0 Å². The highest BCUT2D eigenvalue weighted by molar-refractivity contribution is 5.73. The summed E-state index contributed by atoms with van der Waals surface area (Å²) in [6, 6.07) is 8.63. The third-order valence-electron chi connectivity index (χ3n) is 2.18. The number of ether oxygens (including phenoxy) is 1. The Bertz CT molecular complexity index is 323. The number of carboxylic acid groups (broad SMARTS) is 1. The molecular formula is C12H16O4. The first-order valence-electron chi connectivity index (χ1n) is 5.27. The van der Waals surface area contributed by atoms with Gasteiger partial charge in [0.15, 0.2) is 0 Å². The molecule has 0 aliphatic carbocycles. The molecule has 1 aromatic carbocycles. The number of aliphatic carboxylic acids is 1. The molecule has 2 unspecified atom stereocenters. The first-order chi connectivity index (χ1) is 7.65. The quantitative estimate of drug-likeness (QED) is 0.771. The molecule has 4 heteroatoms. The molecule has 0 fully saturated rings. The number of aliphatic hydroxyl groups excluding tert-OH is 1. The van der Waals surface area contributed by atoms with Gasteiger partial charge >= 0.3 is 5.97 Å². The predicted octanol–water partition coefficient (Wildman–Crippen LogP) is 1.68. The number of carbonyl (C=O) groups is 1. The lowest BCUT2D eigenvalue weighted by Crippen LogP contribution is -2.39. The monoisotopic (exact) mass is 224 g/mol. The summed E-state index contributed by atoms with van der Waals surface area (Å²) < 4.78 is 5.24. The van der Waals surface area contributed by atoms with Crippen molar-refractivity contribution in [2.75, 3.05) is 0 Å². The Morgan fingerprint density at radius 2 is 2.00 bits per heavy atom. The van der Waals surface area contributed by atoms with Gasteiger partial charge in [-0.15, -0.1) is 0 Å². The second kappa shape index (κ2) is 6.12. The molecule has 0 heterocycles. The van der Waals surface area contributed by atoms with Crippen LogP contribution in [0.2, 0.25) is 0 Å². The molecule has 0 aliphatic heterocycles. The lowest BCUT2D eigenvalue weighted by atomic mass is 10.1. The van der Waals surface area contributed by atoms with Crippen LogP contribution in [0.4, 0.5) is 0 Å². The minimum atomic E-state index is -1.21. The third-order valence-corrected chi connectivity index (χ3v) is 2.18. The number of hydrogen-bond donors (Lipinski definition) is 2. The summed E-state index contributed by atoms with van der Waals surface area (Å²) in [5, 5.41) is 18.6. The van der Waals surface area contributed by atoms with E-state index in [4.69, 9.17) is 9.84 Å². The molecule has 88 valence electrons. The molecule has 0 spiro atoms. The molecule has 1 rings (SSSR count). The van der Waals surface area contributed by atoms with Crippen LogP contribution < -0.4 is 4.74 Å². The highest BCUT2D eigenvalue weighted by atomic mass is 16.5. The number of hydrogen-bond acceptors (Lipinski definition) is 3. The standard InChI is InChI=1S/C12H16O4/c1-2-6-10(13)11(12(14)15)16-9-7-4-3-5-8-9/h3-5,7-8,10-11,13H,2,6H2,1H3,(H,14,15). The fourth-order valence-electron chi connectivity index (χ4n) is 1.39. The maximum absolute atomic E-state index is 10.9. The number of para-hydroxylation sites is 1. The molecule has 0 aliphatic rings. The van der Waals surface area contributed by atoms with Crippen LogP contribution >= 0.6 is 0 Å². The van der Waals surface area contributed by atoms with Crippen molar-refractivity contribution in [2.24, 2.45) is 0 Å². The van der Waals surface area contributed by atoms with Crippen LogP contribution in [0.1, 0.15) is 19.8 Å². The van der Waals surface area contributed by atoms with Gasteiger partial charge < -0.3 is 14.9 Å². The Labute approximate surface area is 94.5 Å². The van der Waals surface area contributed by atoms with Crippen molar-refractivity contribution in [3.05, 3.63) is 30.3 Å². The van der Waals surface area contributed by atoms with Crippen LogP contribution in [0.3, 0.4) is 0 Å². The Morgan fingerprint density at radius 1 is 1.38 bits per heavy atom. The van der Waals surface area contributed by atoms with Gasteiger partial charge in [-0.2, -0.15) is 0 Å². The summed E-state index contributed by atoms with van der Waals surface area (Å²) >= 11 is 0. The molecule has 0 radical (unpaired) electrons. The van der Waals surface area contributed by atoms with Gasteiger partial charge in [-0.1, -0.05) is 31.5 Å². The SMILES string of the molecule is CCCC(O)C(Oc1ccccc1)C(=O)O. The van der Waals surface area contributed by atoms with Crippen molar-refractivity contribution in [1.29, 1.82) is 0 Å². The summed E-state index contributed by atoms with van der Waals surface area (Å²) in [5.74, 6) is -0.699. The van der Waals surface area contributed by atoms with Crippen molar-refractivity contribution in [1.82, 2.24) is 0 Å². The van der Waals surface area contributed by atoms with E-state index in [2.05, 4.69) is 0 Å². The van der Waals surface area contributed by atoms with Crippen LogP contribution in [-0.4, -0.2) is 28.4 Å². The molecule has 2 N–H and O–H groups in total. The van der Waals surface area contributed by atoms with Crippen LogP contribution in [-0.2, 0) is 4.79 Å². The molecule has 0 aromatic heterocycles. The van der Waals surface area contributed by atoms with Crippen LogP contribution in [0.25, 0.3) is 0 Å². The first-order valence-corrected chi connectivity index (χ1v) is 5.27. The molecule has 16 heavy (non-hydrogen) atoms. The summed E-state index contributed by atoms with van der Waals surface area (Å²) in [6.07, 6.45) is -1.07. The average Bonchev–Trinajstić information content (AvgIpc) is 2.27. The van der Waals surface area contributed by atoms with E-state index in [0.717, 1.165) is 0 Å². The first kappa shape index (κ1) is 12.5. The third kappa shape index (κ3) is 3.55. The number of benzene rings is 1.